The summed E-state index contributed by atoms with van der Waals surface area (Å²) in [5.41, 5.74) is 3.08. The van der Waals surface area contributed by atoms with Crippen molar-refractivity contribution >= 4 is 5.78 Å². The molecule has 76 valence electrons. The van der Waals surface area contributed by atoms with Crippen LogP contribution in [0.1, 0.15) is 22.3 Å². The predicted octanol–water partition coefficient (Wildman–Crippen LogP) is 1.92. The van der Waals surface area contributed by atoms with Crippen LogP contribution in [0, 0.1) is 5.92 Å². The molecule has 3 rings (SSSR count). The van der Waals surface area contributed by atoms with Gasteiger partial charge in [0.05, 0.1) is 0 Å². The highest BCUT2D eigenvalue weighted by atomic mass is 16.1. The molecule has 15 heavy (non-hydrogen) atoms. The van der Waals surface area contributed by atoms with Gasteiger partial charge in [-0.05, 0) is 24.3 Å². The predicted molar refractivity (Wildman–Crippen MR) is 58.7 cm³/mol. The molecule has 2 nitrogen and oxygen atoms in total. The van der Waals surface area contributed by atoms with Crippen molar-refractivity contribution in [2.45, 2.75) is 12.8 Å². The van der Waals surface area contributed by atoms with E-state index in [4.69, 9.17) is 0 Å². The highest BCUT2D eigenvalue weighted by Crippen LogP contribution is 2.32. The molecule has 2 aliphatic rings. The van der Waals surface area contributed by atoms with Gasteiger partial charge in [0.25, 0.3) is 0 Å². The minimum atomic E-state index is 0.217. The zero-order chi connectivity index (χ0) is 10.3. The number of hydrogen-bond donors (Lipinski definition) is 1. The van der Waals surface area contributed by atoms with Crippen LogP contribution in [0.2, 0.25) is 0 Å². The lowest BCUT2D eigenvalue weighted by molar-refractivity contribution is 0.101. The molecule has 1 heterocycles. The molecule has 0 bridgehead atoms. The number of hydrogen-bond acceptors (Lipinski definition) is 2. The number of benzene rings is 1. The topological polar surface area (TPSA) is 29.1 Å². The summed E-state index contributed by atoms with van der Waals surface area (Å²) in [5.74, 6) is 0.655. The first-order valence-electron chi connectivity index (χ1n) is 5.42. The quantitative estimate of drug-likeness (QED) is 0.691. The van der Waals surface area contributed by atoms with E-state index in [0.29, 0.717) is 5.92 Å². The van der Waals surface area contributed by atoms with Gasteiger partial charge in [-0.2, -0.15) is 0 Å². The fraction of sp³-hybridized carbons (Fsp3) is 0.308. The van der Waals surface area contributed by atoms with E-state index in [-0.39, 0.29) is 5.78 Å². The fourth-order valence-corrected chi connectivity index (χ4v) is 2.52. The van der Waals surface area contributed by atoms with E-state index in [1.807, 2.05) is 24.4 Å². The third kappa shape index (κ3) is 1.29. The first-order valence-corrected chi connectivity index (χ1v) is 5.42. The van der Waals surface area contributed by atoms with Crippen molar-refractivity contribution in [3.63, 3.8) is 0 Å². The first-order chi connectivity index (χ1) is 7.36. The highest BCUT2D eigenvalue weighted by Gasteiger charge is 2.30. The van der Waals surface area contributed by atoms with E-state index in [1.54, 1.807) is 0 Å². The highest BCUT2D eigenvalue weighted by molar-refractivity contribution is 6.11. The zero-order valence-electron chi connectivity index (χ0n) is 8.49. The van der Waals surface area contributed by atoms with Gasteiger partial charge >= 0.3 is 0 Å². The van der Waals surface area contributed by atoms with Crippen molar-refractivity contribution in [2.75, 3.05) is 6.54 Å². The Morgan fingerprint density at radius 3 is 3.07 bits per heavy atom. The Morgan fingerprint density at radius 2 is 2.13 bits per heavy atom. The van der Waals surface area contributed by atoms with E-state index in [9.17, 15) is 4.79 Å². The van der Waals surface area contributed by atoms with Crippen LogP contribution < -0.4 is 5.32 Å². The number of rotatable bonds is 0. The minimum absolute atomic E-state index is 0.217. The molecule has 0 radical (unpaired) electrons. The lowest BCUT2D eigenvalue weighted by atomic mass is 9.77. The van der Waals surface area contributed by atoms with E-state index in [2.05, 4.69) is 11.4 Å². The Morgan fingerprint density at radius 1 is 1.27 bits per heavy atom. The Balaban J connectivity index is 2.12. The van der Waals surface area contributed by atoms with Crippen molar-refractivity contribution in [1.82, 2.24) is 5.32 Å². The van der Waals surface area contributed by atoms with Crippen LogP contribution in [0.5, 0.6) is 0 Å². The van der Waals surface area contributed by atoms with Gasteiger partial charge in [-0.25, -0.2) is 0 Å². The van der Waals surface area contributed by atoms with Gasteiger partial charge in [-0.15, -0.1) is 0 Å². The Kier molecular flexibility index (Phi) is 1.88. The molecule has 0 fully saturated rings. The van der Waals surface area contributed by atoms with E-state index >= 15 is 0 Å². The maximum absolute atomic E-state index is 12.1. The molecule has 0 aromatic heterocycles. The zero-order valence-corrected chi connectivity index (χ0v) is 8.49. The average Bonchev–Trinajstić information content (AvgIpc) is 2.30. The van der Waals surface area contributed by atoms with Gasteiger partial charge in [-0.3, -0.25) is 4.79 Å². The molecule has 0 spiro atoms. The minimum Gasteiger partial charge on any atom is -0.391 e. The van der Waals surface area contributed by atoms with E-state index in [1.165, 1.54) is 5.56 Å². The molecule has 1 aromatic rings. The largest absolute Gasteiger partial charge is 0.391 e. The van der Waals surface area contributed by atoms with Crippen molar-refractivity contribution in [1.29, 1.82) is 0 Å². The molecular weight excluding hydrogens is 186 g/mol. The number of allylic oxidation sites excluding steroid dienone is 1. The van der Waals surface area contributed by atoms with E-state index in [0.717, 1.165) is 30.5 Å². The van der Waals surface area contributed by atoms with Crippen molar-refractivity contribution < 1.29 is 4.79 Å². The summed E-state index contributed by atoms with van der Waals surface area (Å²) in [6.07, 6.45) is 4.01. The molecule has 1 atom stereocenters. The smallest absolute Gasteiger partial charge is 0.191 e. The number of ketones is 1. The molecule has 0 amide bonds. The van der Waals surface area contributed by atoms with Gasteiger partial charge < -0.3 is 5.32 Å². The van der Waals surface area contributed by atoms with Gasteiger partial charge in [0, 0.05) is 23.9 Å². The van der Waals surface area contributed by atoms with Gasteiger partial charge in [0.2, 0.25) is 0 Å². The molecule has 1 N–H and O–H groups in total. The molecule has 1 aliphatic carbocycles. The number of nitrogens with one attached hydrogen (secondary N) is 1. The molecule has 1 aliphatic heterocycles. The van der Waals surface area contributed by atoms with Crippen LogP contribution in [0.15, 0.2) is 36.0 Å². The van der Waals surface area contributed by atoms with Gasteiger partial charge in [0.15, 0.2) is 5.78 Å². The Bertz CT molecular complexity index is 448. The third-order valence-corrected chi connectivity index (χ3v) is 3.33. The second-order valence-electron chi connectivity index (χ2n) is 4.23. The number of carbonyl (C=O) groups is 1. The maximum Gasteiger partial charge on any atom is 0.191 e. The van der Waals surface area contributed by atoms with E-state index < -0.39 is 0 Å². The third-order valence-electron chi connectivity index (χ3n) is 3.33. The molecule has 0 unspecified atom stereocenters. The van der Waals surface area contributed by atoms with Crippen LogP contribution in [0.4, 0.5) is 0 Å². The van der Waals surface area contributed by atoms with Crippen LogP contribution in [-0.2, 0) is 6.42 Å². The maximum atomic E-state index is 12.1. The number of carbonyl (C=O) groups excluding carboxylic acids is 1. The second-order valence-corrected chi connectivity index (χ2v) is 4.23. The van der Waals surface area contributed by atoms with Gasteiger partial charge in [-0.1, -0.05) is 24.3 Å². The monoisotopic (exact) mass is 199 g/mol. The summed E-state index contributed by atoms with van der Waals surface area (Å²) in [4.78, 5) is 12.1. The molecule has 2 heteroatoms. The molecule has 1 aromatic carbocycles. The van der Waals surface area contributed by atoms with Crippen LogP contribution >= 0.6 is 0 Å². The standard InChI is InChI=1S/C13H13NO/c15-13-11-4-2-1-3-9(11)7-10-5-6-14-8-12(10)13/h1-4,8,10,14H,5-7H2/t10-/m1/s1. The lowest BCUT2D eigenvalue weighted by Crippen LogP contribution is -2.31. The second kappa shape index (κ2) is 3.23. The van der Waals surface area contributed by atoms with Crippen molar-refractivity contribution in [3.8, 4) is 0 Å². The van der Waals surface area contributed by atoms with Crippen LogP contribution in [-0.4, -0.2) is 12.3 Å². The van der Waals surface area contributed by atoms with Crippen LogP contribution in [0.3, 0.4) is 0 Å². The summed E-state index contributed by atoms with van der Waals surface area (Å²) in [6, 6.07) is 7.96. The Labute approximate surface area is 89.0 Å². The first kappa shape index (κ1) is 8.72. The fourth-order valence-electron chi connectivity index (χ4n) is 2.52. The Hall–Kier alpha value is -1.57. The van der Waals surface area contributed by atoms with Crippen LogP contribution in [0.25, 0.3) is 0 Å². The van der Waals surface area contributed by atoms with Gasteiger partial charge in [0.1, 0.15) is 0 Å². The lowest BCUT2D eigenvalue weighted by Gasteiger charge is -2.29. The summed E-state index contributed by atoms with van der Waals surface area (Å²) < 4.78 is 0. The number of fused-ring (bicyclic) bond motifs is 2. The number of Topliss-reactive ketones (excluding diaryl/α,β-unsaturated/α-hetero) is 1. The van der Waals surface area contributed by atoms with Crippen molar-refractivity contribution in [2.24, 2.45) is 5.92 Å². The molecule has 0 saturated heterocycles. The average molecular weight is 199 g/mol. The van der Waals surface area contributed by atoms with Crippen molar-refractivity contribution in [3.05, 3.63) is 47.2 Å². The summed E-state index contributed by atoms with van der Waals surface area (Å²) in [5, 5.41) is 3.16. The SMILES string of the molecule is O=C1C2=CNCC[C@@H]2Cc2ccccc21. The molecular formula is C13H13NO. The summed E-state index contributed by atoms with van der Waals surface area (Å²) in [6.45, 7) is 0.990. The summed E-state index contributed by atoms with van der Waals surface area (Å²) >= 11 is 0. The summed E-state index contributed by atoms with van der Waals surface area (Å²) in [7, 11) is 0. The molecule has 0 saturated carbocycles. The normalized spacial score (nSPS) is 23.6.